The lowest BCUT2D eigenvalue weighted by Crippen LogP contribution is -2.12. The van der Waals surface area contributed by atoms with Gasteiger partial charge < -0.3 is 40.2 Å². The Hall–Kier alpha value is -3.82. The van der Waals surface area contributed by atoms with E-state index in [2.05, 4.69) is 19.2 Å². The van der Waals surface area contributed by atoms with Gasteiger partial charge in [0.15, 0.2) is 23.0 Å². The Balaban J connectivity index is 0.000000196. The third kappa shape index (κ3) is 6.37. The number of carboxylic acid groups (broad SMARTS) is 2. The van der Waals surface area contributed by atoms with Crippen LogP contribution in [0.25, 0.3) is 0 Å². The molecule has 10 heteroatoms. The normalized spacial score (nSPS) is 14.2. The lowest BCUT2D eigenvalue weighted by molar-refractivity contribution is 0.0686. The number of anilines is 2. The van der Waals surface area contributed by atoms with Crippen molar-refractivity contribution in [2.75, 3.05) is 44.0 Å². The number of rotatable bonds is 5. The number of benzene rings is 2. The van der Waals surface area contributed by atoms with Crippen molar-refractivity contribution in [3.63, 3.8) is 0 Å². The molecule has 0 atom stereocenters. The molecular weight excluding hydrogens is 444 g/mol. The molecule has 10 nitrogen and oxygen atoms in total. The fourth-order valence-corrected chi connectivity index (χ4v) is 3.26. The van der Waals surface area contributed by atoms with E-state index in [1.807, 2.05) is 0 Å². The highest BCUT2D eigenvalue weighted by molar-refractivity contribution is 5.95. The number of hydrogen-bond donors (Lipinski definition) is 4. The van der Waals surface area contributed by atoms with Crippen molar-refractivity contribution in [1.29, 1.82) is 0 Å². The van der Waals surface area contributed by atoms with Crippen LogP contribution in [0.5, 0.6) is 23.0 Å². The predicted octanol–water partition coefficient (Wildman–Crippen LogP) is 3.74. The summed E-state index contributed by atoms with van der Waals surface area (Å²) in [4.78, 5) is 22.1. The molecule has 184 valence electrons. The van der Waals surface area contributed by atoms with Gasteiger partial charge in [-0.25, -0.2) is 9.59 Å². The number of ether oxygens (including phenoxy) is 4. The molecule has 2 aromatic carbocycles. The first-order valence-corrected chi connectivity index (χ1v) is 11.1. The van der Waals surface area contributed by atoms with Gasteiger partial charge in [-0.1, -0.05) is 13.8 Å². The molecule has 2 aliphatic heterocycles. The number of aromatic carboxylic acids is 2. The smallest absolute Gasteiger partial charge is 0.337 e. The molecule has 0 unspecified atom stereocenters. The van der Waals surface area contributed by atoms with Gasteiger partial charge in [-0.15, -0.1) is 0 Å². The molecule has 2 aliphatic rings. The maximum Gasteiger partial charge on any atom is 0.337 e. The summed E-state index contributed by atoms with van der Waals surface area (Å²) < 4.78 is 21.8. The second kappa shape index (κ2) is 11.4. The molecule has 34 heavy (non-hydrogen) atoms. The van der Waals surface area contributed by atoms with E-state index >= 15 is 0 Å². The molecule has 0 aliphatic carbocycles. The average molecular weight is 475 g/mol. The number of fused-ring (bicyclic) bond motifs is 2. The number of carbonyl (C=O) groups is 2. The minimum absolute atomic E-state index is 0.0410. The van der Waals surface area contributed by atoms with E-state index in [9.17, 15) is 14.7 Å². The first-order valence-electron chi connectivity index (χ1n) is 11.1. The summed E-state index contributed by atoms with van der Waals surface area (Å²) in [6.45, 7) is 7.05. The van der Waals surface area contributed by atoms with Gasteiger partial charge in [0.2, 0.25) is 0 Å². The topological polar surface area (TPSA) is 150 Å². The van der Waals surface area contributed by atoms with Crippen molar-refractivity contribution in [3.05, 3.63) is 35.4 Å². The molecule has 0 radical (unpaired) electrons. The SMILES string of the molecule is CC(C)CNc1cc2c(cc1C(=O)O)OCCCO2.Nc1cc2c(cc1C(=O)O)OCCCO2. The molecule has 0 amide bonds. The van der Waals surface area contributed by atoms with Crippen molar-refractivity contribution in [3.8, 4) is 23.0 Å². The molecular formula is C24H30N2O8. The van der Waals surface area contributed by atoms with Gasteiger partial charge in [-0.2, -0.15) is 0 Å². The Bertz CT molecular complexity index is 1040. The largest absolute Gasteiger partial charge is 0.490 e. The standard InChI is InChI=1S/C14H19NO4.C10H11NO4/c1-9(2)8-15-11-7-13-12(6-10(11)14(16)17)18-4-3-5-19-13;11-7-5-9-8(4-6(7)10(12)13)14-2-1-3-15-9/h6-7,9,15H,3-5,8H2,1-2H3,(H,16,17);4-5H,1-3,11H2,(H,12,13). The number of nitrogens with two attached hydrogens (primary N) is 1. The summed E-state index contributed by atoms with van der Waals surface area (Å²) in [5.41, 5.74) is 6.60. The van der Waals surface area contributed by atoms with Gasteiger partial charge >= 0.3 is 11.9 Å². The quantitative estimate of drug-likeness (QED) is 0.472. The third-order valence-electron chi connectivity index (χ3n) is 4.97. The fourth-order valence-electron chi connectivity index (χ4n) is 3.26. The summed E-state index contributed by atoms with van der Waals surface area (Å²) in [6, 6.07) is 6.14. The molecule has 0 aromatic heterocycles. The van der Waals surface area contributed by atoms with Gasteiger partial charge in [0.05, 0.1) is 48.9 Å². The van der Waals surface area contributed by atoms with Gasteiger partial charge in [-0.3, -0.25) is 0 Å². The van der Waals surface area contributed by atoms with Crippen LogP contribution < -0.4 is 30.0 Å². The highest BCUT2D eigenvalue weighted by Gasteiger charge is 2.19. The zero-order valence-corrected chi connectivity index (χ0v) is 19.3. The predicted molar refractivity (Wildman–Crippen MR) is 126 cm³/mol. The Labute approximate surface area is 197 Å². The van der Waals surface area contributed by atoms with Crippen LogP contribution in [-0.2, 0) is 0 Å². The maximum absolute atomic E-state index is 11.3. The summed E-state index contributed by atoms with van der Waals surface area (Å²) in [7, 11) is 0. The van der Waals surface area contributed by atoms with Crippen LogP contribution in [0.3, 0.4) is 0 Å². The van der Waals surface area contributed by atoms with Crippen LogP contribution >= 0.6 is 0 Å². The van der Waals surface area contributed by atoms with Crippen molar-refractivity contribution in [2.24, 2.45) is 5.92 Å². The summed E-state index contributed by atoms with van der Waals surface area (Å²) in [6.07, 6.45) is 1.57. The van der Waals surface area contributed by atoms with Crippen molar-refractivity contribution < 1.29 is 38.7 Å². The van der Waals surface area contributed by atoms with Crippen LogP contribution in [0.1, 0.15) is 47.4 Å². The van der Waals surface area contributed by atoms with Gasteiger partial charge in [0.1, 0.15) is 0 Å². The fraction of sp³-hybridized carbons (Fsp3) is 0.417. The van der Waals surface area contributed by atoms with Crippen LogP contribution in [0.15, 0.2) is 24.3 Å². The summed E-state index contributed by atoms with van der Waals surface area (Å²) in [5.74, 6) is 0.454. The highest BCUT2D eigenvalue weighted by Crippen LogP contribution is 2.36. The van der Waals surface area contributed by atoms with Gasteiger partial charge in [0.25, 0.3) is 0 Å². The van der Waals surface area contributed by atoms with Crippen LogP contribution in [-0.4, -0.2) is 55.1 Å². The molecule has 5 N–H and O–H groups in total. The van der Waals surface area contributed by atoms with Crippen LogP contribution in [0, 0.1) is 5.92 Å². The first-order chi connectivity index (χ1) is 16.3. The molecule has 0 saturated heterocycles. The Morgan fingerprint density at radius 3 is 1.74 bits per heavy atom. The molecule has 0 spiro atoms. The lowest BCUT2D eigenvalue weighted by Gasteiger charge is -2.15. The minimum Gasteiger partial charge on any atom is -0.490 e. The first kappa shape index (κ1) is 24.8. The Morgan fingerprint density at radius 1 is 0.824 bits per heavy atom. The second-order valence-electron chi connectivity index (χ2n) is 8.22. The maximum atomic E-state index is 11.3. The highest BCUT2D eigenvalue weighted by atomic mass is 16.5. The van der Waals surface area contributed by atoms with Crippen molar-refractivity contribution in [2.45, 2.75) is 26.7 Å². The number of carboxylic acids is 2. The van der Waals surface area contributed by atoms with E-state index in [0.717, 1.165) is 12.8 Å². The van der Waals surface area contributed by atoms with Crippen LogP contribution in [0.4, 0.5) is 11.4 Å². The van der Waals surface area contributed by atoms with Gasteiger partial charge in [-0.05, 0) is 5.92 Å². The molecule has 4 rings (SSSR count). The zero-order chi connectivity index (χ0) is 24.7. The van der Waals surface area contributed by atoms with E-state index in [-0.39, 0.29) is 16.8 Å². The number of hydrogen-bond acceptors (Lipinski definition) is 8. The molecule has 2 aromatic rings. The minimum atomic E-state index is -1.07. The lowest BCUT2D eigenvalue weighted by atomic mass is 10.1. The van der Waals surface area contributed by atoms with E-state index < -0.39 is 11.9 Å². The van der Waals surface area contributed by atoms with E-state index in [1.165, 1.54) is 18.2 Å². The number of nitrogens with one attached hydrogen (secondary N) is 1. The van der Waals surface area contributed by atoms with E-state index in [0.29, 0.717) is 67.6 Å². The zero-order valence-electron chi connectivity index (χ0n) is 19.3. The third-order valence-corrected chi connectivity index (χ3v) is 4.97. The molecule has 0 saturated carbocycles. The molecule has 0 fully saturated rings. The molecule has 2 heterocycles. The number of nitrogen functional groups attached to an aromatic ring is 1. The Kier molecular flexibility index (Phi) is 8.29. The van der Waals surface area contributed by atoms with E-state index in [1.54, 1.807) is 6.07 Å². The average Bonchev–Trinajstić information content (AvgIpc) is 3.16. The molecule has 0 bridgehead atoms. The van der Waals surface area contributed by atoms with Crippen molar-refractivity contribution in [1.82, 2.24) is 0 Å². The second-order valence-corrected chi connectivity index (χ2v) is 8.22. The summed E-state index contributed by atoms with van der Waals surface area (Å²) >= 11 is 0. The van der Waals surface area contributed by atoms with E-state index in [4.69, 9.17) is 29.8 Å². The Morgan fingerprint density at radius 2 is 1.26 bits per heavy atom. The summed E-state index contributed by atoms with van der Waals surface area (Å²) in [5, 5.41) is 21.3. The van der Waals surface area contributed by atoms with Gasteiger partial charge in [0, 0.05) is 43.7 Å². The van der Waals surface area contributed by atoms with Crippen LogP contribution in [0.2, 0.25) is 0 Å². The monoisotopic (exact) mass is 474 g/mol. The van der Waals surface area contributed by atoms with Crippen molar-refractivity contribution >= 4 is 23.3 Å².